The average molecular weight is 352 g/mol. The van der Waals surface area contributed by atoms with Crippen LogP contribution in [0.25, 0.3) is 22.4 Å². The molecule has 0 fully saturated rings. The predicted octanol–water partition coefficient (Wildman–Crippen LogP) is 4.36. The van der Waals surface area contributed by atoms with Crippen LogP contribution in [0.5, 0.6) is 0 Å². The van der Waals surface area contributed by atoms with Gasteiger partial charge in [-0.25, -0.2) is 4.98 Å². The number of hydrogen-bond donors (Lipinski definition) is 1. The van der Waals surface area contributed by atoms with Crippen molar-refractivity contribution in [1.29, 1.82) is 5.26 Å². The highest BCUT2D eigenvalue weighted by Crippen LogP contribution is 2.25. The Kier molecular flexibility index (Phi) is 4.15. The normalized spacial score (nSPS) is 10.5. The van der Waals surface area contributed by atoms with Gasteiger partial charge in [0.15, 0.2) is 0 Å². The van der Waals surface area contributed by atoms with Gasteiger partial charge in [0.2, 0.25) is 0 Å². The summed E-state index contributed by atoms with van der Waals surface area (Å²) in [6, 6.07) is 24.2. The van der Waals surface area contributed by atoms with Crippen molar-refractivity contribution in [2.75, 3.05) is 5.32 Å². The summed E-state index contributed by atoms with van der Waals surface area (Å²) in [5.74, 6) is 0.623. The Morgan fingerprint density at radius 3 is 2.56 bits per heavy atom. The minimum absolute atomic E-state index is 0.248. The fourth-order valence-corrected chi connectivity index (χ4v) is 3.04. The number of aryl methyl sites for hydroxylation is 1. The third kappa shape index (κ3) is 3.16. The van der Waals surface area contributed by atoms with E-state index in [4.69, 9.17) is 5.26 Å². The van der Waals surface area contributed by atoms with E-state index in [0.29, 0.717) is 16.8 Å². The lowest BCUT2D eigenvalue weighted by Crippen LogP contribution is -2.11. The first-order chi connectivity index (χ1) is 13.2. The summed E-state index contributed by atoms with van der Waals surface area (Å²) in [6.45, 7) is 0. The number of nitrogens with zero attached hydrogens (tertiary/aromatic N) is 3. The molecule has 5 nitrogen and oxygen atoms in total. The quantitative estimate of drug-likeness (QED) is 0.595. The summed E-state index contributed by atoms with van der Waals surface area (Å²) in [5, 5.41) is 11.8. The minimum Gasteiger partial charge on any atom is -0.327 e. The SMILES string of the molecule is Cn1c(-c2ccc(NC(=O)c3cccc(C#N)c3)cc2)nc2ccccc21. The number of fused-ring (bicyclic) bond motifs is 1. The molecule has 0 unspecified atom stereocenters. The van der Waals surface area contributed by atoms with Crippen molar-refractivity contribution < 1.29 is 4.79 Å². The standard InChI is InChI=1S/C22H16N4O/c1-26-20-8-3-2-7-19(20)25-21(26)16-9-11-18(12-10-16)24-22(27)17-6-4-5-15(13-17)14-23/h2-13H,1H3,(H,24,27). The number of rotatable bonds is 3. The van der Waals surface area contributed by atoms with Crippen molar-refractivity contribution in [2.45, 2.75) is 0 Å². The first kappa shape index (κ1) is 16.6. The van der Waals surface area contributed by atoms with Gasteiger partial charge in [0.1, 0.15) is 5.82 Å². The van der Waals surface area contributed by atoms with Crippen molar-refractivity contribution in [3.05, 3.63) is 83.9 Å². The van der Waals surface area contributed by atoms with Crippen LogP contribution < -0.4 is 5.32 Å². The van der Waals surface area contributed by atoms with Crippen LogP contribution in [0.2, 0.25) is 0 Å². The number of nitriles is 1. The zero-order valence-corrected chi connectivity index (χ0v) is 14.7. The van der Waals surface area contributed by atoms with Gasteiger partial charge in [-0.1, -0.05) is 18.2 Å². The van der Waals surface area contributed by atoms with Gasteiger partial charge in [0.05, 0.1) is 22.7 Å². The Bertz CT molecular complexity index is 1180. The molecular formula is C22H16N4O. The number of carbonyl (C=O) groups is 1. The summed E-state index contributed by atoms with van der Waals surface area (Å²) in [4.78, 5) is 17.1. The second-order valence-corrected chi connectivity index (χ2v) is 6.21. The molecule has 4 aromatic rings. The number of aromatic nitrogens is 2. The van der Waals surface area contributed by atoms with E-state index < -0.39 is 0 Å². The van der Waals surface area contributed by atoms with Gasteiger partial charge < -0.3 is 9.88 Å². The number of para-hydroxylation sites is 2. The molecule has 1 amide bonds. The summed E-state index contributed by atoms with van der Waals surface area (Å²) in [7, 11) is 1.99. The monoisotopic (exact) mass is 352 g/mol. The average Bonchev–Trinajstić information content (AvgIpc) is 3.05. The van der Waals surface area contributed by atoms with Crippen LogP contribution >= 0.6 is 0 Å². The molecule has 0 spiro atoms. The van der Waals surface area contributed by atoms with Crippen LogP contribution in [0.1, 0.15) is 15.9 Å². The van der Waals surface area contributed by atoms with E-state index in [1.54, 1.807) is 24.3 Å². The van der Waals surface area contributed by atoms with Gasteiger partial charge in [-0.05, 0) is 54.6 Å². The molecular weight excluding hydrogens is 336 g/mol. The largest absolute Gasteiger partial charge is 0.327 e. The number of anilines is 1. The fourth-order valence-electron chi connectivity index (χ4n) is 3.04. The first-order valence-corrected chi connectivity index (χ1v) is 8.49. The summed E-state index contributed by atoms with van der Waals surface area (Å²) >= 11 is 0. The molecule has 0 saturated heterocycles. The molecule has 0 aliphatic rings. The van der Waals surface area contributed by atoms with E-state index in [1.807, 2.05) is 61.6 Å². The molecule has 1 aromatic heterocycles. The molecule has 0 aliphatic heterocycles. The number of nitrogens with one attached hydrogen (secondary N) is 1. The molecule has 4 rings (SSSR count). The summed E-state index contributed by atoms with van der Waals surface area (Å²) < 4.78 is 2.05. The molecule has 1 heterocycles. The van der Waals surface area contributed by atoms with Crippen molar-refractivity contribution in [3.63, 3.8) is 0 Å². The molecule has 0 atom stereocenters. The number of amides is 1. The maximum atomic E-state index is 12.4. The van der Waals surface area contributed by atoms with E-state index in [-0.39, 0.29) is 5.91 Å². The fraction of sp³-hybridized carbons (Fsp3) is 0.0455. The van der Waals surface area contributed by atoms with Gasteiger partial charge >= 0.3 is 0 Å². The highest BCUT2D eigenvalue weighted by atomic mass is 16.1. The van der Waals surface area contributed by atoms with Crippen molar-refractivity contribution in [3.8, 4) is 17.5 Å². The molecule has 0 radical (unpaired) electrons. The van der Waals surface area contributed by atoms with Gasteiger partial charge in [0, 0.05) is 23.9 Å². The van der Waals surface area contributed by atoms with E-state index in [2.05, 4.69) is 14.9 Å². The summed E-state index contributed by atoms with van der Waals surface area (Å²) in [5.41, 5.74) is 4.59. The molecule has 27 heavy (non-hydrogen) atoms. The van der Waals surface area contributed by atoms with Crippen LogP contribution in [0.15, 0.2) is 72.8 Å². The smallest absolute Gasteiger partial charge is 0.255 e. The topological polar surface area (TPSA) is 70.7 Å². The molecule has 0 aliphatic carbocycles. The Morgan fingerprint density at radius 1 is 1.04 bits per heavy atom. The van der Waals surface area contributed by atoms with Gasteiger partial charge in [-0.3, -0.25) is 4.79 Å². The second-order valence-electron chi connectivity index (χ2n) is 6.21. The van der Waals surface area contributed by atoms with E-state index >= 15 is 0 Å². The zero-order valence-electron chi connectivity index (χ0n) is 14.7. The van der Waals surface area contributed by atoms with Crippen molar-refractivity contribution in [1.82, 2.24) is 9.55 Å². The third-order valence-corrected chi connectivity index (χ3v) is 4.44. The predicted molar refractivity (Wildman–Crippen MR) is 105 cm³/mol. The van der Waals surface area contributed by atoms with E-state index in [1.165, 1.54) is 0 Å². The molecule has 1 N–H and O–H groups in total. The van der Waals surface area contributed by atoms with Gasteiger partial charge in [-0.2, -0.15) is 5.26 Å². The van der Waals surface area contributed by atoms with Crippen LogP contribution in [0.3, 0.4) is 0 Å². The van der Waals surface area contributed by atoms with E-state index in [9.17, 15) is 4.79 Å². The number of imidazole rings is 1. The molecule has 130 valence electrons. The molecule has 3 aromatic carbocycles. The maximum absolute atomic E-state index is 12.4. The lowest BCUT2D eigenvalue weighted by atomic mass is 10.1. The van der Waals surface area contributed by atoms with Gasteiger partial charge in [-0.15, -0.1) is 0 Å². The summed E-state index contributed by atoms with van der Waals surface area (Å²) in [6.07, 6.45) is 0. The van der Waals surface area contributed by atoms with Crippen LogP contribution in [0, 0.1) is 11.3 Å². The van der Waals surface area contributed by atoms with Crippen LogP contribution in [-0.4, -0.2) is 15.5 Å². The lowest BCUT2D eigenvalue weighted by Gasteiger charge is -2.07. The maximum Gasteiger partial charge on any atom is 0.255 e. The number of hydrogen-bond acceptors (Lipinski definition) is 3. The highest BCUT2D eigenvalue weighted by molar-refractivity contribution is 6.04. The molecule has 0 bridgehead atoms. The minimum atomic E-state index is -0.248. The molecule has 5 heteroatoms. The molecule has 0 saturated carbocycles. The Morgan fingerprint density at radius 2 is 1.81 bits per heavy atom. The zero-order chi connectivity index (χ0) is 18.8. The Hall–Kier alpha value is -3.91. The Balaban J connectivity index is 1.57. The van der Waals surface area contributed by atoms with E-state index in [0.717, 1.165) is 22.4 Å². The van der Waals surface area contributed by atoms with Gasteiger partial charge in [0.25, 0.3) is 5.91 Å². The number of carbonyl (C=O) groups excluding carboxylic acids is 1. The highest BCUT2D eigenvalue weighted by Gasteiger charge is 2.10. The first-order valence-electron chi connectivity index (χ1n) is 8.49. The van der Waals surface area contributed by atoms with Crippen LogP contribution in [-0.2, 0) is 7.05 Å². The number of benzene rings is 3. The second kappa shape index (κ2) is 6.77. The third-order valence-electron chi connectivity index (χ3n) is 4.44. The Labute approximate surface area is 156 Å². The van der Waals surface area contributed by atoms with Crippen molar-refractivity contribution in [2.24, 2.45) is 7.05 Å². The lowest BCUT2D eigenvalue weighted by molar-refractivity contribution is 0.102. The van der Waals surface area contributed by atoms with Crippen molar-refractivity contribution >= 4 is 22.6 Å². The van der Waals surface area contributed by atoms with Crippen LogP contribution in [0.4, 0.5) is 5.69 Å².